The number of carbonyl (C=O) groups excluding carboxylic acids is 2. The van der Waals surface area contributed by atoms with Crippen molar-refractivity contribution in [3.8, 4) is 0 Å². The second-order valence-electron chi connectivity index (χ2n) is 6.46. The second-order valence-corrected chi connectivity index (χ2v) is 6.46. The van der Waals surface area contributed by atoms with Crippen molar-refractivity contribution in [2.45, 2.75) is 12.6 Å². The van der Waals surface area contributed by atoms with Crippen molar-refractivity contribution in [2.24, 2.45) is 0 Å². The minimum atomic E-state index is -4.87. The lowest BCUT2D eigenvalue weighted by Crippen LogP contribution is -2.51. The summed E-state index contributed by atoms with van der Waals surface area (Å²) in [5, 5.41) is 2.77. The van der Waals surface area contributed by atoms with Crippen molar-refractivity contribution in [1.82, 2.24) is 15.1 Å². The Labute approximate surface area is 160 Å². The molecule has 0 bridgehead atoms. The molecule has 0 atom stereocenters. The zero-order chi connectivity index (χ0) is 20.7. The first-order chi connectivity index (χ1) is 13.2. The van der Waals surface area contributed by atoms with Gasteiger partial charge in [0.1, 0.15) is 5.82 Å². The monoisotopic (exact) mass is 405 g/mol. The van der Waals surface area contributed by atoms with E-state index in [0.717, 1.165) is 6.07 Å². The maximum Gasteiger partial charge on any atom is 0.419 e. The lowest BCUT2D eigenvalue weighted by atomic mass is 10.1. The van der Waals surface area contributed by atoms with Gasteiger partial charge in [-0.3, -0.25) is 14.5 Å². The Morgan fingerprint density at radius 3 is 2.46 bits per heavy atom. The molecule has 0 aromatic heterocycles. The molecule has 1 aliphatic rings. The third-order valence-electron chi connectivity index (χ3n) is 4.39. The normalized spacial score (nSPS) is 15.5. The van der Waals surface area contributed by atoms with Gasteiger partial charge in [0.25, 0.3) is 5.91 Å². The third-order valence-corrected chi connectivity index (χ3v) is 4.39. The van der Waals surface area contributed by atoms with Gasteiger partial charge < -0.3 is 15.0 Å². The number of rotatable bonds is 7. The van der Waals surface area contributed by atoms with Gasteiger partial charge in [0, 0.05) is 52.0 Å². The summed E-state index contributed by atoms with van der Waals surface area (Å²) >= 11 is 0. The van der Waals surface area contributed by atoms with Gasteiger partial charge in [0.2, 0.25) is 5.91 Å². The SMILES string of the molecule is COCCCNC(=O)CN1CCN(C(=O)c2ccc(F)c(C(F)(F)F)c2)CC1. The highest BCUT2D eigenvalue weighted by Crippen LogP contribution is 2.32. The Balaban J connectivity index is 1.86. The molecule has 2 amide bonds. The fourth-order valence-electron chi connectivity index (χ4n) is 2.87. The zero-order valence-corrected chi connectivity index (χ0v) is 15.5. The topological polar surface area (TPSA) is 61.9 Å². The largest absolute Gasteiger partial charge is 0.419 e. The Morgan fingerprint density at radius 2 is 1.86 bits per heavy atom. The summed E-state index contributed by atoms with van der Waals surface area (Å²) in [6, 6.07) is 2.24. The van der Waals surface area contributed by atoms with E-state index >= 15 is 0 Å². The number of hydrogen-bond acceptors (Lipinski definition) is 4. The van der Waals surface area contributed by atoms with E-state index in [9.17, 15) is 27.2 Å². The minimum Gasteiger partial charge on any atom is -0.385 e. The van der Waals surface area contributed by atoms with Crippen molar-refractivity contribution in [3.63, 3.8) is 0 Å². The molecule has 1 fully saturated rings. The Morgan fingerprint density at radius 1 is 1.18 bits per heavy atom. The molecule has 28 heavy (non-hydrogen) atoms. The average molecular weight is 405 g/mol. The minimum absolute atomic E-state index is 0.135. The van der Waals surface area contributed by atoms with Gasteiger partial charge in [0.15, 0.2) is 0 Å². The molecule has 156 valence electrons. The number of benzene rings is 1. The number of methoxy groups -OCH3 is 1. The van der Waals surface area contributed by atoms with Gasteiger partial charge in [-0.1, -0.05) is 0 Å². The number of nitrogens with zero attached hydrogens (tertiary/aromatic N) is 2. The van der Waals surface area contributed by atoms with Crippen LogP contribution in [0.4, 0.5) is 17.6 Å². The summed E-state index contributed by atoms with van der Waals surface area (Å²) in [6.07, 6.45) is -4.15. The molecule has 0 aliphatic carbocycles. The summed E-state index contributed by atoms with van der Waals surface area (Å²) in [5.74, 6) is -2.14. The average Bonchev–Trinajstić information content (AvgIpc) is 2.65. The van der Waals surface area contributed by atoms with Crippen LogP contribution in [0.15, 0.2) is 18.2 Å². The van der Waals surface area contributed by atoms with Crippen LogP contribution in [-0.2, 0) is 15.7 Å². The number of piperazine rings is 1. The van der Waals surface area contributed by atoms with Gasteiger partial charge in [0.05, 0.1) is 12.1 Å². The van der Waals surface area contributed by atoms with Gasteiger partial charge in [-0.25, -0.2) is 4.39 Å². The molecular formula is C18H23F4N3O3. The third kappa shape index (κ3) is 6.16. The van der Waals surface area contributed by atoms with Crippen LogP contribution in [0.25, 0.3) is 0 Å². The number of hydrogen-bond donors (Lipinski definition) is 1. The van der Waals surface area contributed by atoms with Gasteiger partial charge >= 0.3 is 6.18 Å². The molecule has 0 radical (unpaired) electrons. The summed E-state index contributed by atoms with van der Waals surface area (Å²) in [6.45, 7) is 2.64. The number of ether oxygens (including phenoxy) is 1. The quantitative estimate of drug-likeness (QED) is 0.555. The Hall–Kier alpha value is -2.20. The maximum absolute atomic E-state index is 13.4. The highest BCUT2D eigenvalue weighted by molar-refractivity contribution is 5.94. The van der Waals surface area contributed by atoms with Crippen molar-refractivity contribution in [1.29, 1.82) is 0 Å². The molecule has 10 heteroatoms. The Bertz CT molecular complexity index is 689. The highest BCUT2D eigenvalue weighted by Gasteiger charge is 2.35. The van der Waals surface area contributed by atoms with Crippen LogP contribution in [0, 0.1) is 5.82 Å². The van der Waals surface area contributed by atoms with E-state index in [0.29, 0.717) is 44.8 Å². The van der Waals surface area contributed by atoms with E-state index in [1.165, 1.54) is 4.90 Å². The Kier molecular flexibility index (Phi) is 7.76. The van der Waals surface area contributed by atoms with Crippen molar-refractivity contribution >= 4 is 11.8 Å². The number of halogens is 4. The first-order valence-corrected chi connectivity index (χ1v) is 8.86. The summed E-state index contributed by atoms with van der Waals surface area (Å²) in [7, 11) is 1.58. The van der Waals surface area contributed by atoms with Crippen LogP contribution in [0.1, 0.15) is 22.3 Å². The van der Waals surface area contributed by atoms with E-state index in [-0.39, 0.29) is 31.1 Å². The molecule has 2 rings (SSSR count). The first kappa shape index (κ1) is 22.1. The molecule has 0 spiro atoms. The predicted octanol–water partition coefficient (Wildman–Crippen LogP) is 1.76. The lowest BCUT2D eigenvalue weighted by Gasteiger charge is -2.34. The molecule has 1 heterocycles. The van der Waals surface area contributed by atoms with Gasteiger partial charge in [-0.05, 0) is 24.6 Å². The molecule has 0 saturated carbocycles. The molecule has 0 unspecified atom stereocenters. The van der Waals surface area contributed by atoms with Crippen LogP contribution >= 0.6 is 0 Å². The molecule has 1 N–H and O–H groups in total. The molecule has 1 aromatic rings. The zero-order valence-electron chi connectivity index (χ0n) is 15.5. The first-order valence-electron chi connectivity index (χ1n) is 8.86. The number of alkyl halides is 3. The molecule has 1 aromatic carbocycles. The molecular weight excluding hydrogens is 382 g/mol. The fourth-order valence-corrected chi connectivity index (χ4v) is 2.87. The van der Waals surface area contributed by atoms with E-state index in [1.807, 2.05) is 4.90 Å². The summed E-state index contributed by atoms with van der Waals surface area (Å²) < 4.78 is 56.7. The predicted molar refractivity (Wildman–Crippen MR) is 93.2 cm³/mol. The highest BCUT2D eigenvalue weighted by atomic mass is 19.4. The van der Waals surface area contributed by atoms with Crippen molar-refractivity contribution in [2.75, 3.05) is 53.0 Å². The fraction of sp³-hybridized carbons (Fsp3) is 0.556. The van der Waals surface area contributed by atoms with Crippen LogP contribution in [0.3, 0.4) is 0 Å². The van der Waals surface area contributed by atoms with Crippen LogP contribution < -0.4 is 5.32 Å². The van der Waals surface area contributed by atoms with Crippen LogP contribution in [0.5, 0.6) is 0 Å². The van der Waals surface area contributed by atoms with Gasteiger partial charge in [-0.15, -0.1) is 0 Å². The van der Waals surface area contributed by atoms with E-state index in [1.54, 1.807) is 7.11 Å². The summed E-state index contributed by atoms with van der Waals surface area (Å²) in [4.78, 5) is 27.6. The van der Waals surface area contributed by atoms with Crippen molar-refractivity contribution < 1.29 is 31.9 Å². The van der Waals surface area contributed by atoms with E-state index in [2.05, 4.69) is 5.32 Å². The van der Waals surface area contributed by atoms with Crippen LogP contribution in [-0.4, -0.2) is 74.6 Å². The second kappa shape index (κ2) is 9.83. The lowest BCUT2D eigenvalue weighted by molar-refractivity contribution is -0.140. The van der Waals surface area contributed by atoms with Crippen molar-refractivity contribution in [3.05, 3.63) is 35.1 Å². The summed E-state index contributed by atoms with van der Waals surface area (Å²) in [5.41, 5.74) is -1.67. The van der Waals surface area contributed by atoms with Gasteiger partial charge in [-0.2, -0.15) is 13.2 Å². The number of amides is 2. The maximum atomic E-state index is 13.4. The standard InChI is InChI=1S/C18H23F4N3O3/c1-28-10-2-5-23-16(26)12-24-6-8-25(9-7-24)17(27)13-3-4-15(19)14(11-13)18(20,21)22/h3-4,11H,2,5-10,12H2,1H3,(H,23,26). The number of nitrogens with one attached hydrogen (secondary N) is 1. The molecule has 1 saturated heterocycles. The molecule has 1 aliphatic heterocycles. The van der Waals surface area contributed by atoms with E-state index in [4.69, 9.17) is 4.74 Å². The van der Waals surface area contributed by atoms with E-state index < -0.39 is 23.5 Å². The van der Waals surface area contributed by atoms with Crippen LogP contribution in [0.2, 0.25) is 0 Å². The number of carbonyl (C=O) groups is 2. The smallest absolute Gasteiger partial charge is 0.385 e. The molecule has 6 nitrogen and oxygen atoms in total.